The molecule has 0 saturated carbocycles. The highest BCUT2D eigenvalue weighted by atomic mass is 16.5. The SMILES string of the molecule is Cc1ccc(C)c(OCCn2c(C)nc3ccccc32)c1. The van der Waals surface area contributed by atoms with Gasteiger partial charge in [-0.3, -0.25) is 0 Å². The molecule has 0 amide bonds. The van der Waals surface area contributed by atoms with Crippen LogP contribution in [0.2, 0.25) is 0 Å². The molecular weight excluding hydrogens is 260 g/mol. The molecule has 0 saturated heterocycles. The number of benzene rings is 2. The van der Waals surface area contributed by atoms with Crippen LogP contribution in [0.15, 0.2) is 42.5 Å². The van der Waals surface area contributed by atoms with E-state index in [2.05, 4.69) is 47.7 Å². The highest BCUT2D eigenvalue weighted by Crippen LogP contribution is 2.20. The van der Waals surface area contributed by atoms with Crippen molar-refractivity contribution in [1.29, 1.82) is 0 Å². The Morgan fingerprint density at radius 2 is 1.86 bits per heavy atom. The van der Waals surface area contributed by atoms with Crippen molar-refractivity contribution in [3.8, 4) is 5.75 Å². The fourth-order valence-electron chi connectivity index (χ4n) is 2.59. The van der Waals surface area contributed by atoms with Crippen molar-refractivity contribution < 1.29 is 4.74 Å². The molecular formula is C18H20N2O. The van der Waals surface area contributed by atoms with Crippen molar-refractivity contribution in [2.75, 3.05) is 6.61 Å². The molecule has 0 fully saturated rings. The maximum atomic E-state index is 5.95. The molecule has 3 heteroatoms. The molecule has 1 aromatic heterocycles. The zero-order valence-corrected chi connectivity index (χ0v) is 12.8. The van der Waals surface area contributed by atoms with Crippen LogP contribution in [0.3, 0.4) is 0 Å². The van der Waals surface area contributed by atoms with Gasteiger partial charge in [0.2, 0.25) is 0 Å². The molecule has 0 atom stereocenters. The number of aromatic nitrogens is 2. The third-order valence-corrected chi connectivity index (χ3v) is 3.76. The van der Waals surface area contributed by atoms with E-state index in [1.54, 1.807) is 0 Å². The Balaban J connectivity index is 1.75. The van der Waals surface area contributed by atoms with Gasteiger partial charge in [0.25, 0.3) is 0 Å². The minimum absolute atomic E-state index is 0.644. The van der Waals surface area contributed by atoms with Crippen LogP contribution in [0.4, 0.5) is 0 Å². The lowest BCUT2D eigenvalue weighted by Crippen LogP contribution is -2.10. The first kappa shape index (κ1) is 13.7. The first-order valence-electron chi connectivity index (χ1n) is 7.27. The van der Waals surface area contributed by atoms with Crippen molar-refractivity contribution in [3.63, 3.8) is 0 Å². The van der Waals surface area contributed by atoms with Crippen molar-refractivity contribution in [3.05, 3.63) is 59.4 Å². The van der Waals surface area contributed by atoms with Crippen LogP contribution in [-0.2, 0) is 6.54 Å². The monoisotopic (exact) mass is 280 g/mol. The van der Waals surface area contributed by atoms with Gasteiger partial charge in [-0.25, -0.2) is 4.98 Å². The predicted molar refractivity (Wildman–Crippen MR) is 85.9 cm³/mol. The minimum Gasteiger partial charge on any atom is -0.491 e. The molecule has 0 N–H and O–H groups in total. The number of aryl methyl sites for hydroxylation is 3. The first-order chi connectivity index (χ1) is 10.1. The number of nitrogens with zero attached hydrogens (tertiary/aromatic N) is 2. The molecule has 2 aromatic carbocycles. The fraction of sp³-hybridized carbons (Fsp3) is 0.278. The summed E-state index contributed by atoms with van der Waals surface area (Å²) in [7, 11) is 0. The molecule has 0 unspecified atom stereocenters. The normalized spacial score (nSPS) is 11.0. The van der Waals surface area contributed by atoms with Crippen molar-refractivity contribution in [1.82, 2.24) is 9.55 Å². The third kappa shape index (κ3) is 2.77. The van der Waals surface area contributed by atoms with Crippen LogP contribution in [0, 0.1) is 20.8 Å². The molecule has 0 radical (unpaired) electrons. The molecule has 3 aromatic rings. The Bertz CT molecular complexity index is 774. The first-order valence-corrected chi connectivity index (χ1v) is 7.27. The molecule has 0 spiro atoms. The van der Waals surface area contributed by atoms with Gasteiger partial charge in [-0.15, -0.1) is 0 Å². The summed E-state index contributed by atoms with van der Waals surface area (Å²) in [6.45, 7) is 7.65. The van der Waals surface area contributed by atoms with Gasteiger partial charge in [-0.2, -0.15) is 0 Å². The number of ether oxygens (including phenoxy) is 1. The largest absolute Gasteiger partial charge is 0.491 e. The van der Waals surface area contributed by atoms with E-state index in [4.69, 9.17) is 4.74 Å². The highest BCUT2D eigenvalue weighted by molar-refractivity contribution is 5.75. The molecule has 1 heterocycles. The number of rotatable bonds is 4. The van der Waals surface area contributed by atoms with E-state index in [0.29, 0.717) is 6.61 Å². The quantitative estimate of drug-likeness (QED) is 0.721. The average Bonchev–Trinajstić information content (AvgIpc) is 2.79. The van der Waals surface area contributed by atoms with Gasteiger partial charge in [0.1, 0.15) is 18.2 Å². The van der Waals surface area contributed by atoms with E-state index in [9.17, 15) is 0 Å². The zero-order chi connectivity index (χ0) is 14.8. The van der Waals surface area contributed by atoms with E-state index < -0.39 is 0 Å². The Hall–Kier alpha value is -2.29. The lowest BCUT2D eigenvalue weighted by Gasteiger charge is -2.11. The number of imidazole rings is 1. The van der Waals surface area contributed by atoms with Crippen LogP contribution in [0.5, 0.6) is 5.75 Å². The Labute approximate surface area is 125 Å². The van der Waals surface area contributed by atoms with E-state index >= 15 is 0 Å². The fourth-order valence-corrected chi connectivity index (χ4v) is 2.59. The lowest BCUT2D eigenvalue weighted by molar-refractivity contribution is 0.297. The number of para-hydroxylation sites is 2. The van der Waals surface area contributed by atoms with Crippen molar-refractivity contribution >= 4 is 11.0 Å². The topological polar surface area (TPSA) is 27.1 Å². The molecule has 0 bridgehead atoms. The van der Waals surface area contributed by atoms with Gasteiger partial charge in [0, 0.05) is 0 Å². The molecule has 3 rings (SSSR count). The molecule has 3 nitrogen and oxygen atoms in total. The van der Waals surface area contributed by atoms with E-state index in [-0.39, 0.29) is 0 Å². The summed E-state index contributed by atoms with van der Waals surface area (Å²) < 4.78 is 8.16. The average molecular weight is 280 g/mol. The molecule has 108 valence electrons. The predicted octanol–water partition coefficient (Wildman–Crippen LogP) is 4.04. The van der Waals surface area contributed by atoms with Gasteiger partial charge >= 0.3 is 0 Å². The van der Waals surface area contributed by atoms with Crippen LogP contribution < -0.4 is 4.74 Å². The summed E-state index contributed by atoms with van der Waals surface area (Å²) in [6.07, 6.45) is 0. The number of hydrogen-bond acceptors (Lipinski definition) is 2. The second-order valence-corrected chi connectivity index (χ2v) is 5.42. The van der Waals surface area contributed by atoms with Gasteiger partial charge in [0.05, 0.1) is 17.6 Å². The third-order valence-electron chi connectivity index (χ3n) is 3.76. The Kier molecular flexibility index (Phi) is 3.65. The van der Waals surface area contributed by atoms with Crippen molar-refractivity contribution in [2.24, 2.45) is 0 Å². The second-order valence-electron chi connectivity index (χ2n) is 5.42. The number of fused-ring (bicyclic) bond motifs is 1. The molecule has 0 aliphatic carbocycles. The highest BCUT2D eigenvalue weighted by Gasteiger charge is 2.07. The smallest absolute Gasteiger partial charge is 0.122 e. The molecule has 0 aliphatic rings. The summed E-state index contributed by atoms with van der Waals surface area (Å²) in [5.41, 5.74) is 4.61. The van der Waals surface area contributed by atoms with E-state index in [1.165, 1.54) is 16.6 Å². The van der Waals surface area contributed by atoms with Crippen molar-refractivity contribution in [2.45, 2.75) is 27.3 Å². The standard InChI is InChI=1S/C18H20N2O/c1-13-8-9-14(2)18(12-13)21-11-10-20-15(3)19-16-6-4-5-7-17(16)20/h4-9,12H,10-11H2,1-3H3. The van der Waals surface area contributed by atoms with Crippen LogP contribution in [0.25, 0.3) is 11.0 Å². The summed E-state index contributed by atoms with van der Waals surface area (Å²) in [5, 5.41) is 0. The van der Waals surface area contributed by atoms with Gasteiger partial charge in [-0.05, 0) is 50.1 Å². The lowest BCUT2D eigenvalue weighted by atomic mass is 10.1. The van der Waals surface area contributed by atoms with Crippen LogP contribution in [-0.4, -0.2) is 16.2 Å². The van der Waals surface area contributed by atoms with Gasteiger partial charge in [0.15, 0.2) is 0 Å². The minimum atomic E-state index is 0.644. The summed E-state index contributed by atoms with van der Waals surface area (Å²) in [4.78, 5) is 4.58. The Morgan fingerprint density at radius 1 is 1.05 bits per heavy atom. The molecule has 21 heavy (non-hydrogen) atoms. The zero-order valence-electron chi connectivity index (χ0n) is 12.8. The molecule has 0 aliphatic heterocycles. The van der Waals surface area contributed by atoms with E-state index in [1.807, 2.05) is 25.1 Å². The Morgan fingerprint density at radius 3 is 2.71 bits per heavy atom. The second kappa shape index (κ2) is 5.60. The van der Waals surface area contributed by atoms with Gasteiger partial charge < -0.3 is 9.30 Å². The maximum absolute atomic E-state index is 5.95. The van der Waals surface area contributed by atoms with Crippen LogP contribution in [0.1, 0.15) is 17.0 Å². The van der Waals surface area contributed by atoms with E-state index in [0.717, 1.165) is 23.6 Å². The van der Waals surface area contributed by atoms with Crippen LogP contribution >= 0.6 is 0 Å². The maximum Gasteiger partial charge on any atom is 0.122 e. The summed E-state index contributed by atoms with van der Waals surface area (Å²) >= 11 is 0. The summed E-state index contributed by atoms with van der Waals surface area (Å²) in [5.74, 6) is 2.00. The van der Waals surface area contributed by atoms with Gasteiger partial charge in [-0.1, -0.05) is 24.3 Å². The number of hydrogen-bond donors (Lipinski definition) is 0. The summed E-state index contributed by atoms with van der Waals surface area (Å²) in [6, 6.07) is 14.5.